The Kier molecular flexibility index (Phi) is 2.33. The van der Waals surface area contributed by atoms with Gasteiger partial charge in [-0.15, -0.1) is 0 Å². The molecule has 2 rings (SSSR count). The van der Waals surface area contributed by atoms with E-state index in [0.717, 1.165) is 0 Å². The lowest BCUT2D eigenvalue weighted by atomic mass is 9.82. The molecule has 16 heavy (non-hydrogen) atoms. The average Bonchev–Trinajstić information content (AvgIpc) is 2.56. The molecule has 1 aliphatic heterocycles. The van der Waals surface area contributed by atoms with E-state index in [1.807, 2.05) is 0 Å². The molecule has 0 radical (unpaired) electrons. The zero-order valence-electron chi connectivity index (χ0n) is 8.93. The zero-order chi connectivity index (χ0) is 12.1. The molecular formula is C11H13F3O2. The Bertz CT molecular complexity index is 348. The van der Waals surface area contributed by atoms with Crippen molar-refractivity contribution in [3.63, 3.8) is 0 Å². The Labute approximate surface area is 91.5 Å². The van der Waals surface area contributed by atoms with Gasteiger partial charge in [-0.3, -0.25) is 4.79 Å². The number of esters is 1. The largest absolute Gasteiger partial charge is 0.449 e. The molecule has 0 aromatic rings. The van der Waals surface area contributed by atoms with Gasteiger partial charge in [0.1, 0.15) is 0 Å². The summed E-state index contributed by atoms with van der Waals surface area (Å²) in [4.78, 5) is 11.1. The smallest absolute Gasteiger partial charge is 0.428 e. The molecule has 2 aliphatic rings. The van der Waals surface area contributed by atoms with Crippen LogP contribution in [-0.4, -0.2) is 17.7 Å². The van der Waals surface area contributed by atoms with Crippen molar-refractivity contribution in [1.29, 1.82) is 0 Å². The topological polar surface area (TPSA) is 26.3 Å². The lowest BCUT2D eigenvalue weighted by molar-refractivity contribution is -0.266. The van der Waals surface area contributed by atoms with E-state index in [1.165, 1.54) is 0 Å². The first kappa shape index (κ1) is 11.5. The summed E-state index contributed by atoms with van der Waals surface area (Å²) in [5.74, 6) is -1.78. The highest BCUT2D eigenvalue weighted by atomic mass is 19.4. The normalized spacial score (nSPS) is 38.4. The Hall–Kier alpha value is -1.00. The van der Waals surface area contributed by atoms with Crippen LogP contribution in [0.5, 0.6) is 0 Å². The van der Waals surface area contributed by atoms with Crippen LogP contribution < -0.4 is 0 Å². The van der Waals surface area contributed by atoms with E-state index in [0.29, 0.717) is 12.0 Å². The Morgan fingerprint density at radius 3 is 2.69 bits per heavy atom. The summed E-state index contributed by atoms with van der Waals surface area (Å²) in [7, 11) is 0. The number of hydrogen-bond donors (Lipinski definition) is 0. The fraction of sp³-hybridized carbons (Fsp3) is 0.727. The lowest BCUT2D eigenvalue weighted by Gasteiger charge is -2.31. The van der Waals surface area contributed by atoms with Crippen LogP contribution in [0.1, 0.15) is 26.2 Å². The highest BCUT2D eigenvalue weighted by Crippen LogP contribution is 2.58. The van der Waals surface area contributed by atoms with Gasteiger partial charge in [-0.2, -0.15) is 13.2 Å². The first-order chi connectivity index (χ1) is 7.28. The third-order valence-electron chi connectivity index (χ3n) is 3.71. The van der Waals surface area contributed by atoms with Crippen LogP contribution in [0.25, 0.3) is 0 Å². The molecule has 1 saturated carbocycles. The molecule has 1 heterocycles. The summed E-state index contributed by atoms with van der Waals surface area (Å²) in [6.07, 6.45) is -4.36. The molecule has 1 aliphatic carbocycles. The monoisotopic (exact) mass is 234 g/mol. The molecule has 0 N–H and O–H groups in total. The van der Waals surface area contributed by atoms with E-state index in [2.05, 4.69) is 11.3 Å². The predicted molar refractivity (Wildman–Crippen MR) is 50.5 cm³/mol. The van der Waals surface area contributed by atoms with Crippen LogP contribution in [0.2, 0.25) is 0 Å². The van der Waals surface area contributed by atoms with Gasteiger partial charge in [0.2, 0.25) is 5.60 Å². The van der Waals surface area contributed by atoms with Crippen LogP contribution in [0.3, 0.4) is 0 Å². The van der Waals surface area contributed by atoms with Crippen LogP contribution >= 0.6 is 0 Å². The quantitative estimate of drug-likeness (QED) is 0.515. The first-order valence-electron chi connectivity index (χ1n) is 5.22. The number of rotatable bonds is 1. The number of hydrogen-bond acceptors (Lipinski definition) is 2. The molecule has 0 unspecified atom stereocenters. The molecule has 0 bridgehead atoms. The highest BCUT2D eigenvalue weighted by molar-refractivity contribution is 5.73. The van der Waals surface area contributed by atoms with E-state index in [1.54, 1.807) is 6.92 Å². The molecule has 0 aromatic carbocycles. The number of carbonyl (C=O) groups excluding carboxylic acids is 1. The van der Waals surface area contributed by atoms with E-state index in [-0.39, 0.29) is 18.8 Å². The maximum absolute atomic E-state index is 13.0. The number of fused-ring (bicyclic) bond motifs is 1. The highest BCUT2D eigenvalue weighted by Gasteiger charge is 2.70. The van der Waals surface area contributed by atoms with Crippen molar-refractivity contribution in [2.24, 2.45) is 11.8 Å². The van der Waals surface area contributed by atoms with Crippen LogP contribution in [-0.2, 0) is 9.53 Å². The Morgan fingerprint density at radius 2 is 2.19 bits per heavy atom. The summed E-state index contributed by atoms with van der Waals surface area (Å²) in [5, 5.41) is 0. The molecule has 0 amide bonds. The zero-order valence-corrected chi connectivity index (χ0v) is 8.93. The number of carbonyl (C=O) groups is 1. The second-order valence-corrected chi connectivity index (χ2v) is 4.66. The average molecular weight is 234 g/mol. The van der Waals surface area contributed by atoms with E-state index in [4.69, 9.17) is 0 Å². The lowest BCUT2D eigenvalue weighted by Crippen LogP contribution is -2.47. The fourth-order valence-electron chi connectivity index (χ4n) is 2.94. The van der Waals surface area contributed by atoms with Gasteiger partial charge in [0.05, 0.1) is 6.42 Å². The van der Waals surface area contributed by atoms with Gasteiger partial charge in [-0.25, -0.2) is 0 Å². The van der Waals surface area contributed by atoms with Crippen molar-refractivity contribution in [2.45, 2.75) is 38.0 Å². The molecule has 2 nitrogen and oxygen atoms in total. The van der Waals surface area contributed by atoms with E-state index < -0.39 is 23.7 Å². The molecule has 3 atom stereocenters. The summed E-state index contributed by atoms with van der Waals surface area (Å²) in [6, 6.07) is 0. The van der Waals surface area contributed by atoms with E-state index >= 15 is 0 Å². The Balaban J connectivity index is 2.38. The predicted octanol–water partition coefficient (Wildman–Crippen LogP) is 2.84. The summed E-state index contributed by atoms with van der Waals surface area (Å²) in [6.45, 7) is 5.41. The second kappa shape index (κ2) is 3.25. The van der Waals surface area contributed by atoms with Gasteiger partial charge in [-0.1, -0.05) is 12.2 Å². The second-order valence-electron chi connectivity index (χ2n) is 4.66. The summed E-state index contributed by atoms with van der Waals surface area (Å²) >= 11 is 0. The molecule has 0 spiro atoms. The molecule has 2 fully saturated rings. The minimum absolute atomic E-state index is 0.134. The van der Waals surface area contributed by atoms with Crippen LogP contribution in [0, 0.1) is 11.8 Å². The van der Waals surface area contributed by atoms with Crippen molar-refractivity contribution in [3.8, 4) is 0 Å². The summed E-state index contributed by atoms with van der Waals surface area (Å²) < 4.78 is 43.6. The third kappa shape index (κ3) is 1.37. The van der Waals surface area contributed by atoms with Gasteiger partial charge >= 0.3 is 12.1 Å². The van der Waals surface area contributed by atoms with Crippen molar-refractivity contribution in [1.82, 2.24) is 0 Å². The molecular weight excluding hydrogens is 221 g/mol. The third-order valence-corrected chi connectivity index (χ3v) is 3.71. The van der Waals surface area contributed by atoms with Crippen molar-refractivity contribution < 1.29 is 22.7 Å². The molecule has 90 valence electrons. The van der Waals surface area contributed by atoms with Gasteiger partial charge in [0.25, 0.3) is 0 Å². The fourth-order valence-corrected chi connectivity index (χ4v) is 2.94. The van der Waals surface area contributed by atoms with Gasteiger partial charge in [0.15, 0.2) is 0 Å². The standard InChI is InChI=1S/C11H13F3O2/c1-6(2)7-3-4-10(11(12,13)14)8(7)5-9(15)16-10/h7-8H,1,3-5H2,2H3/t7-,8-,10-/m1/s1. The first-order valence-corrected chi connectivity index (χ1v) is 5.22. The van der Waals surface area contributed by atoms with E-state index in [9.17, 15) is 18.0 Å². The van der Waals surface area contributed by atoms with Crippen molar-refractivity contribution in [3.05, 3.63) is 12.2 Å². The van der Waals surface area contributed by atoms with Crippen LogP contribution in [0.15, 0.2) is 12.2 Å². The van der Waals surface area contributed by atoms with Crippen LogP contribution in [0.4, 0.5) is 13.2 Å². The number of ether oxygens (including phenoxy) is 1. The molecule has 5 heteroatoms. The number of alkyl halides is 3. The number of allylic oxidation sites excluding steroid dienone is 1. The van der Waals surface area contributed by atoms with Crippen molar-refractivity contribution in [2.75, 3.05) is 0 Å². The Morgan fingerprint density at radius 1 is 1.56 bits per heavy atom. The SMILES string of the molecule is C=C(C)[C@H]1CC[C@@]2(C(F)(F)F)OC(=O)C[C@H]12. The maximum Gasteiger partial charge on any atom is 0.428 e. The summed E-state index contributed by atoms with van der Waals surface area (Å²) in [5.41, 5.74) is -1.54. The van der Waals surface area contributed by atoms with Crippen molar-refractivity contribution >= 4 is 5.97 Å². The van der Waals surface area contributed by atoms with Gasteiger partial charge in [-0.05, 0) is 25.7 Å². The number of halogens is 3. The minimum Gasteiger partial charge on any atom is -0.449 e. The molecule has 1 saturated heterocycles. The minimum atomic E-state index is -4.48. The maximum atomic E-state index is 13.0. The van der Waals surface area contributed by atoms with Gasteiger partial charge in [0, 0.05) is 5.92 Å². The van der Waals surface area contributed by atoms with Gasteiger partial charge < -0.3 is 4.74 Å². The molecule has 0 aromatic heterocycles.